The fourth-order valence-corrected chi connectivity index (χ4v) is 2.11. The molecule has 0 fully saturated rings. The first kappa shape index (κ1) is 15.4. The van der Waals surface area contributed by atoms with E-state index in [9.17, 15) is 8.78 Å². The summed E-state index contributed by atoms with van der Waals surface area (Å²) in [6.07, 6.45) is 0.912. The van der Waals surface area contributed by atoms with E-state index in [1.807, 2.05) is 6.92 Å². The number of ether oxygens (including phenoxy) is 1. The van der Waals surface area contributed by atoms with E-state index in [2.05, 4.69) is 5.43 Å². The summed E-state index contributed by atoms with van der Waals surface area (Å²) in [5, 5.41) is 0. The standard InChI is InChI=1S/C16H18F2N2O/c1-2-10-21-12-8-6-11(7-9-12)16(20-19)15-13(17)4-3-5-14(15)18/h3-9,16,20H,2,10,19H2,1H3. The molecule has 2 aromatic rings. The fraction of sp³-hybridized carbons (Fsp3) is 0.250. The van der Waals surface area contributed by atoms with Crippen molar-refractivity contribution in [3.63, 3.8) is 0 Å². The molecule has 1 unspecified atom stereocenters. The summed E-state index contributed by atoms with van der Waals surface area (Å²) in [5.41, 5.74) is 3.02. The lowest BCUT2D eigenvalue weighted by atomic mass is 9.98. The quantitative estimate of drug-likeness (QED) is 0.634. The van der Waals surface area contributed by atoms with Crippen LogP contribution in [0.4, 0.5) is 8.78 Å². The lowest BCUT2D eigenvalue weighted by Gasteiger charge is -2.18. The van der Waals surface area contributed by atoms with E-state index in [1.165, 1.54) is 18.2 Å². The second-order valence-electron chi connectivity index (χ2n) is 4.65. The van der Waals surface area contributed by atoms with Crippen LogP contribution >= 0.6 is 0 Å². The Morgan fingerprint density at radius 3 is 2.24 bits per heavy atom. The van der Waals surface area contributed by atoms with Gasteiger partial charge in [0.2, 0.25) is 0 Å². The smallest absolute Gasteiger partial charge is 0.131 e. The summed E-state index contributed by atoms with van der Waals surface area (Å²) in [6.45, 7) is 2.64. The Kier molecular flexibility index (Phi) is 5.25. The Labute approximate surface area is 122 Å². The first-order valence-corrected chi connectivity index (χ1v) is 6.80. The van der Waals surface area contributed by atoms with Crippen molar-refractivity contribution in [2.75, 3.05) is 6.61 Å². The maximum absolute atomic E-state index is 13.9. The average Bonchev–Trinajstić information content (AvgIpc) is 2.50. The summed E-state index contributed by atoms with van der Waals surface area (Å²) in [4.78, 5) is 0. The van der Waals surface area contributed by atoms with Crippen LogP contribution in [0.1, 0.15) is 30.5 Å². The van der Waals surface area contributed by atoms with Crippen LogP contribution in [0.5, 0.6) is 5.75 Å². The molecule has 0 aromatic heterocycles. The third-order valence-electron chi connectivity index (χ3n) is 3.14. The van der Waals surface area contributed by atoms with Crippen molar-refractivity contribution in [3.05, 3.63) is 65.2 Å². The lowest BCUT2D eigenvalue weighted by Crippen LogP contribution is -2.30. The molecule has 0 bridgehead atoms. The lowest BCUT2D eigenvalue weighted by molar-refractivity contribution is 0.317. The molecule has 3 nitrogen and oxygen atoms in total. The fourth-order valence-electron chi connectivity index (χ4n) is 2.11. The molecule has 112 valence electrons. The van der Waals surface area contributed by atoms with E-state index < -0.39 is 17.7 Å². The van der Waals surface area contributed by atoms with Crippen LogP contribution in [0.3, 0.4) is 0 Å². The molecule has 0 aliphatic rings. The number of hydrogen-bond donors (Lipinski definition) is 2. The Bertz CT molecular complexity index is 567. The molecule has 0 saturated carbocycles. The highest BCUT2D eigenvalue weighted by molar-refractivity contribution is 5.36. The van der Waals surface area contributed by atoms with Gasteiger partial charge in [0, 0.05) is 5.56 Å². The number of hydrogen-bond acceptors (Lipinski definition) is 3. The number of rotatable bonds is 6. The van der Waals surface area contributed by atoms with Gasteiger partial charge < -0.3 is 4.74 Å². The number of halogens is 2. The molecule has 2 aromatic carbocycles. The molecule has 0 heterocycles. The summed E-state index contributed by atoms with van der Waals surface area (Å²) in [6, 6.07) is 9.98. The minimum atomic E-state index is -0.758. The predicted molar refractivity (Wildman–Crippen MR) is 77.8 cm³/mol. The molecule has 3 N–H and O–H groups in total. The van der Waals surface area contributed by atoms with E-state index in [0.717, 1.165) is 6.42 Å². The summed E-state index contributed by atoms with van der Waals surface area (Å²) in [7, 11) is 0. The van der Waals surface area contributed by atoms with Gasteiger partial charge in [0.05, 0.1) is 12.6 Å². The van der Waals surface area contributed by atoms with Gasteiger partial charge in [-0.25, -0.2) is 14.2 Å². The van der Waals surface area contributed by atoms with E-state index in [0.29, 0.717) is 17.9 Å². The van der Waals surface area contributed by atoms with Gasteiger partial charge >= 0.3 is 0 Å². The topological polar surface area (TPSA) is 47.3 Å². The molecule has 0 aliphatic heterocycles. The zero-order chi connectivity index (χ0) is 15.2. The molecule has 21 heavy (non-hydrogen) atoms. The average molecular weight is 292 g/mol. The van der Waals surface area contributed by atoms with Crippen LogP contribution in [0.25, 0.3) is 0 Å². The first-order chi connectivity index (χ1) is 10.2. The first-order valence-electron chi connectivity index (χ1n) is 6.80. The van der Waals surface area contributed by atoms with Crippen molar-refractivity contribution in [2.24, 2.45) is 5.84 Å². The highest BCUT2D eigenvalue weighted by atomic mass is 19.1. The van der Waals surface area contributed by atoms with Gasteiger partial charge in [-0.1, -0.05) is 25.1 Å². The molecule has 0 radical (unpaired) electrons. The molecule has 0 spiro atoms. The van der Waals surface area contributed by atoms with Crippen molar-refractivity contribution < 1.29 is 13.5 Å². The van der Waals surface area contributed by atoms with Crippen molar-refractivity contribution in [1.82, 2.24) is 5.43 Å². The molecule has 0 saturated heterocycles. The zero-order valence-electron chi connectivity index (χ0n) is 11.8. The minimum Gasteiger partial charge on any atom is -0.494 e. The van der Waals surface area contributed by atoms with E-state index in [-0.39, 0.29) is 5.56 Å². The second kappa shape index (κ2) is 7.15. The van der Waals surface area contributed by atoms with Gasteiger partial charge in [-0.2, -0.15) is 0 Å². The maximum Gasteiger partial charge on any atom is 0.131 e. The van der Waals surface area contributed by atoms with Gasteiger partial charge in [-0.05, 0) is 36.2 Å². The largest absolute Gasteiger partial charge is 0.494 e. The molecule has 0 aliphatic carbocycles. The highest BCUT2D eigenvalue weighted by Gasteiger charge is 2.20. The summed E-state index contributed by atoms with van der Waals surface area (Å²) < 4.78 is 33.2. The van der Waals surface area contributed by atoms with Gasteiger partial charge in [0.1, 0.15) is 17.4 Å². The van der Waals surface area contributed by atoms with Gasteiger partial charge in [-0.3, -0.25) is 5.84 Å². The van der Waals surface area contributed by atoms with Crippen LogP contribution in [-0.2, 0) is 0 Å². The number of nitrogens with two attached hydrogens (primary N) is 1. The Balaban J connectivity index is 2.29. The van der Waals surface area contributed by atoms with E-state index in [4.69, 9.17) is 10.6 Å². The molecule has 2 rings (SSSR count). The van der Waals surface area contributed by atoms with Crippen molar-refractivity contribution in [1.29, 1.82) is 0 Å². The van der Waals surface area contributed by atoms with E-state index >= 15 is 0 Å². The number of hydrazine groups is 1. The zero-order valence-corrected chi connectivity index (χ0v) is 11.8. The second-order valence-corrected chi connectivity index (χ2v) is 4.65. The van der Waals surface area contributed by atoms with Crippen LogP contribution in [0, 0.1) is 11.6 Å². The minimum absolute atomic E-state index is 0.0952. The van der Waals surface area contributed by atoms with E-state index in [1.54, 1.807) is 24.3 Å². The molecule has 1 atom stereocenters. The van der Waals surface area contributed by atoms with Crippen LogP contribution in [0.15, 0.2) is 42.5 Å². The molecule has 5 heteroatoms. The Morgan fingerprint density at radius 2 is 1.71 bits per heavy atom. The maximum atomic E-state index is 13.9. The van der Waals surface area contributed by atoms with Crippen molar-refractivity contribution in [2.45, 2.75) is 19.4 Å². The van der Waals surface area contributed by atoms with Crippen LogP contribution in [-0.4, -0.2) is 6.61 Å². The van der Waals surface area contributed by atoms with Crippen LogP contribution < -0.4 is 16.0 Å². The SMILES string of the molecule is CCCOc1ccc(C(NN)c2c(F)cccc2F)cc1. The molecular formula is C16H18F2N2O. The third-order valence-corrected chi connectivity index (χ3v) is 3.14. The number of benzene rings is 2. The number of nitrogens with one attached hydrogen (secondary N) is 1. The van der Waals surface area contributed by atoms with Gasteiger partial charge in [0.25, 0.3) is 0 Å². The monoisotopic (exact) mass is 292 g/mol. The molecular weight excluding hydrogens is 274 g/mol. The van der Waals surface area contributed by atoms with Gasteiger partial charge in [-0.15, -0.1) is 0 Å². The third kappa shape index (κ3) is 3.56. The van der Waals surface area contributed by atoms with Gasteiger partial charge in [0.15, 0.2) is 0 Å². The summed E-state index contributed by atoms with van der Waals surface area (Å²) in [5.74, 6) is 4.92. The Hall–Kier alpha value is -1.98. The van der Waals surface area contributed by atoms with Crippen molar-refractivity contribution >= 4 is 0 Å². The molecule has 0 amide bonds. The van der Waals surface area contributed by atoms with Crippen LogP contribution in [0.2, 0.25) is 0 Å². The summed E-state index contributed by atoms with van der Waals surface area (Å²) >= 11 is 0. The predicted octanol–water partition coefficient (Wildman–Crippen LogP) is 3.31. The Morgan fingerprint density at radius 1 is 1.10 bits per heavy atom. The van der Waals surface area contributed by atoms with Crippen molar-refractivity contribution in [3.8, 4) is 5.75 Å². The highest BCUT2D eigenvalue weighted by Crippen LogP contribution is 2.27. The normalized spacial score (nSPS) is 12.2.